The van der Waals surface area contributed by atoms with E-state index in [1.54, 1.807) is 11.7 Å². The summed E-state index contributed by atoms with van der Waals surface area (Å²) in [6, 6.07) is 0. The molecular formula is C14H24N4O. The van der Waals surface area contributed by atoms with Crippen molar-refractivity contribution in [3.63, 3.8) is 0 Å². The van der Waals surface area contributed by atoms with Crippen LogP contribution in [0.1, 0.15) is 48.8 Å². The molecule has 2 heterocycles. The molecule has 0 aliphatic carbocycles. The normalized spacial score (nSPS) is 16.9. The fourth-order valence-corrected chi connectivity index (χ4v) is 2.91. The van der Waals surface area contributed by atoms with Crippen LogP contribution in [0.2, 0.25) is 0 Å². The molecule has 19 heavy (non-hydrogen) atoms. The van der Waals surface area contributed by atoms with Crippen molar-refractivity contribution in [1.29, 1.82) is 0 Å². The molecule has 0 unspecified atom stereocenters. The first-order chi connectivity index (χ1) is 9.04. The molecule has 0 aromatic carbocycles. The summed E-state index contributed by atoms with van der Waals surface area (Å²) in [6.07, 6.45) is 4.72. The maximum atomic E-state index is 12.5. The van der Waals surface area contributed by atoms with Gasteiger partial charge in [0.25, 0.3) is 5.91 Å². The number of nitrogens with zero attached hydrogens (tertiary/aromatic N) is 3. The van der Waals surface area contributed by atoms with Gasteiger partial charge in [-0.1, -0.05) is 19.8 Å². The van der Waals surface area contributed by atoms with Crippen molar-refractivity contribution in [3.8, 4) is 0 Å². The largest absolute Gasteiger partial charge is 0.395 e. The van der Waals surface area contributed by atoms with E-state index >= 15 is 0 Å². The Hall–Kier alpha value is -1.52. The Morgan fingerprint density at radius 2 is 2.05 bits per heavy atom. The number of hydrogen-bond donors (Lipinski definition) is 1. The molecule has 2 N–H and O–H groups in total. The summed E-state index contributed by atoms with van der Waals surface area (Å²) in [7, 11) is 1.78. The molecular weight excluding hydrogens is 240 g/mol. The highest BCUT2D eigenvalue weighted by Gasteiger charge is 2.27. The summed E-state index contributed by atoms with van der Waals surface area (Å²) >= 11 is 0. The average Bonchev–Trinajstić information content (AvgIpc) is 2.64. The van der Waals surface area contributed by atoms with Gasteiger partial charge in [-0.3, -0.25) is 9.48 Å². The number of anilines is 1. The number of amides is 1. The summed E-state index contributed by atoms with van der Waals surface area (Å²) < 4.78 is 1.60. The van der Waals surface area contributed by atoms with Crippen molar-refractivity contribution in [1.82, 2.24) is 14.7 Å². The number of carbonyl (C=O) groups is 1. The smallest absolute Gasteiger partial charge is 0.274 e. The third kappa shape index (κ3) is 2.74. The van der Waals surface area contributed by atoms with E-state index in [-0.39, 0.29) is 5.91 Å². The second kappa shape index (κ2) is 5.63. The number of piperidine rings is 1. The zero-order valence-electron chi connectivity index (χ0n) is 12.1. The van der Waals surface area contributed by atoms with Gasteiger partial charge in [-0.25, -0.2) is 0 Å². The Kier molecular flexibility index (Phi) is 4.12. The Bertz CT molecular complexity index is 458. The number of likely N-dealkylation sites (tertiary alicyclic amines) is 1. The zero-order chi connectivity index (χ0) is 14.0. The van der Waals surface area contributed by atoms with E-state index in [4.69, 9.17) is 5.73 Å². The third-order valence-corrected chi connectivity index (χ3v) is 4.07. The van der Waals surface area contributed by atoms with Gasteiger partial charge in [0.15, 0.2) is 0 Å². The van der Waals surface area contributed by atoms with Crippen LogP contribution in [0.5, 0.6) is 0 Å². The number of carbonyl (C=O) groups excluding carboxylic acids is 1. The van der Waals surface area contributed by atoms with Gasteiger partial charge in [0, 0.05) is 20.1 Å². The molecule has 1 amide bonds. The van der Waals surface area contributed by atoms with Crippen LogP contribution in [0, 0.1) is 12.8 Å². The Morgan fingerprint density at radius 3 is 2.53 bits per heavy atom. The van der Waals surface area contributed by atoms with Gasteiger partial charge in [-0.15, -0.1) is 0 Å². The fourth-order valence-electron chi connectivity index (χ4n) is 2.91. The van der Waals surface area contributed by atoms with Gasteiger partial charge in [0.05, 0.1) is 11.4 Å². The first-order valence-electron chi connectivity index (χ1n) is 7.13. The molecule has 5 nitrogen and oxygen atoms in total. The molecule has 0 saturated carbocycles. The van der Waals surface area contributed by atoms with Crippen LogP contribution in [0.15, 0.2) is 0 Å². The van der Waals surface area contributed by atoms with E-state index in [0.717, 1.165) is 37.5 Å². The summed E-state index contributed by atoms with van der Waals surface area (Å²) in [4.78, 5) is 14.4. The van der Waals surface area contributed by atoms with Crippen LogP contribution < -0.4 is 5.73 Å². The maximum absolute atomic E-state index is 12.5. The first-order valence-corrected chi connectivity index (χ1v) is 7.13. The molecule has 0 radical (unpaired) electrons. The number of aromatic nitrogens is 2. The summed E-state index contributed by atoms with van der Waals surface area (Å²) in [5, 5.41) is 4.22. The van der Waals surface area contributed by atoms with Gasteiger partial charge in [0.1, 0.15) is 5.69 Å². The number of hydrogen-bond acceptors (Lipinski definition) is 3. The minimum Gasteiger partial charge on any atom is -0.395 e. The van der Waals surface area contributed by atoms with Crippen molar-refractivity contribution in [2.24, 2.45) is 13.0 Å². The van der Waals surface area contributed by atoms with Crippen LogP contribution in [-0.2, 0) is 7.05 Å². The van der Waals surface area contributed by atoms with Crippen molar-refractivity contribution in [2.75, 3.05) is 18.8 Å². The van der Waals surface area contributed by atoms with Crippen molar-refractivity contribution in [3.05, 3.63) is 11.4 Å². The molecule has 5 heteroatoms. The minimum atomic E-state index is 0.0237. The molecule has 0 spiro atoms. The number of aryl methyl sites for hydroxylation is 2. The standard InChI is InChI=1S/C14H24N4O/c1-4-5-11-6-8-18(9-7-11)14(19)13-12(15)10(2)16-17(13)3/h11H,4-9,15H2,1-3H3. The van der Waals surface area contributed by atoms with E-state index < -0.39 is 0 Å². The second-order valence-electron chi connectivity index (χ2n) is 5.50. The predicted molar refractivity (Wildman–Crippen MR) is 75.9 cm³/mol. The van der Waals surface area contributed by atoms with E-state index in [1.165, 1.54) is 12.8 Å². The van der Waals surface area contributed by atoms with Crippen LogP contribution in [0.4, 0.5) is 5.69 Å². The molecule has 106 valence electrons. The lowest BCUT2D eigenvalue weighted by Gasteiger charge is -2.32. The quantitative estimate of drug-likeness (QED) is 0.907. The molecule has 2 rings (SSSR count). The monoisotopic (exact) mass is 264 g/mol. The Morgan fingerprint density at radius 1 is 1.42 bits per heavy atom. The van der Waals surface area contributed by atoms with E-state index in [0.29, 0.717) is 11.4 Å². The van der Waals surface area contributed by atoms with E-state index in [2.05, 4.69) is 12.0 Å². The number of nitrogen functional groups attached to an aromatic ring is 1. The molecule has 0 bridgehead atoms. The Balaban J connectivity index is 2.05. The third-order valence-electron chi connectivity index (χ3n) is 4.07. The summed E-state index contributed by atoms with van der Waals surface area (Å²) in [6.45, 7) is 5.73. The second-order valence-corrected chi connectivity index (χ2v) is 5.50. The van der Waals surface area contributed by atoms with Gasteiger partial charge < -0.3 is 10.6 Å². The van der Waals surface area contributed by atoms with Crippen LogP contribution in [-0.4, -0.2) is 33.7 Å². The first kappa shape index (κ1) is 13.9. The van der Waals surface area contributed by atoms with Crippen molar-refractivity contribution >= 4 is 11.6 Å². The van der Waals surface area contributed by atoms with Gasteiger partial charge >= 0.3 is 0 Å². The van der Waals surface area contributed by atoms with Crippen molar-refractivity contribution in [2.45, 2.75) is 39.5 Å². The highest BCUT2D eigenvalue weighted by atomic mass is 16.2. The lowest BCUT2D eigenvalue weighted by atomic mass is 9.92. The number of rotatable bonds is 3. The SMILES string of the molecule is CCCC1CCN(C(=O)c2c(N)c(C)nn2C)CC1. The molecule has 1 aromatic heterocycles. The van der Waals surface area contributed by atoms with Gasteiger partial charge in [-0.2, -0.15) is 5.10 Å². The summed E-state index contributed by atoms with van der Waals surface area (Å²) in [5.74, 6) is 0.801. The maximum Gasteiger partial charge on any atom is 0.274 e. The Labute approximate surface area is 114 Å². The number of nitrogens with two attached hydrogens (primary N) is 1. The highest BCUT2D eigenvalue weighted by molar-refractivity contribution is 5.98. The lowest BCUT2D eigenvalue weighted by molar-refractivity contribution is 0.0676. The van der Waals surface area contributed by atoms with Gasteiger partial charge in [0.2, 0.25) is 0 Å². The fraction of sp³-hybridized carbons (Fsp3) is 0.714. The van der Waals surface area contributed by atoms with Crippen LogP contribution in [0.3, 0.4) is 0 Å². The molecule has 1 fully saturated rings. The highest BCUT2D eigenvalue weighted by Crippen LogP contribution is 2.24. The molecule has 1 aromatic rings. The predicted octanol–water partition coefficient (Wildman–Crippen LogP) is 1.96. The van der Waals surface area contributed by atoms with Crippen LogP contribution >= 0.6 is 0 Å². The van der Waals surface area contributed by atoms with Crippen molar-refractivity contribution < 1.29 is 4.79 Å². The van der Waals surface area contributed by atoms with Crippen LogP contribution in [0.25, 0.3) is 0 Å². The summed E-state index contributed by atoms with van der Waals surface area (Å²) in [5.41, 5.74) is 7.73. The molecule has 1 aliphatic heterocycles. The van der Waals surface area contributed by atoms with E-state index in [9.17, 15) is 4.79 Å². The average molecular weight is 264 g/mol. The zero-order valence-corrected chi connectivity index (χ0v) is 12.1. The van der Waals surface area contributed by atoms with Gasteiger partial charge in [-0.05, 0) is 25.7 Å². The van der Waals surface area contributed by atoms with E-state index in [1.807, 2.05) is 11.8 Å². The molecule has 1 aliphatic rings. The molecule has 0 atom stereocenters. The molecule has 1 saturated heterocycles. The lowest BCUT2D eigenvalue weighted by Crippen LogP contribution is -2.39. The topological polar surface area (TPSA) is 64.2 Å². The minimum absolute atomic E-state index is 0.0237.